The van der Waals surface area contributed by atoms with Crippen LogP contribution in [0.5, 0.6) is 0 Å². The van der Waals surface area contributed by atoms with Gasteiger partial charge in [0.25, 0.3) is 0 Å². The molecule has 0 saturated heterocycles. The third kappa shape index (κ3) is 3.19. The SMILES string of the molecule is COC(=O)c1cc2[nH]c(CO[Si](C)(C)C(C)(C)C)cn2n1. The number of hydrogen-bond acceptors (Lipinski definition) is 4. The summed E-state index contributed by atoms with van der Waals surface area (Å²) in [5.41, 5.74) is 1.99. The number of aromatic nitrogens is 3. The lowest BCUT2D eigenvalue weighted by atomic mass is 10.2. The molecule has 7 heteroatoms. The van der Waals surface area contributed by atoms with Crippen LogP contribution in [-0.2, 0) is 15.8 Å². The van der Waals surface area contributed by atoms with E-state index >= 15 is 0 Å². The molecule has 0 amide bonds. The third-order valence-corrected chi connectivity index (χ3v) is 8.57. The second kappa shape index (κ2) is 5.30. The smallest absolute Gasteiger partial charge is 0.358 e. The normalized spacial score (nSPS) is 12.9. The van der Waals surface area contributed by atoms with E-state index < -0.39 is 14.3 Å². The maximum Gasteiger partial charge on any atom is 0.358 e. The van der Waals surface area contributed by atoms with Crippen molar-refractivity contribution in [2.75, 3.05) is 7.11 Å². The highest BCUT2D eigenvalue weighted by atomic mass is 28.4. The predicted octanol–water partition coefficient (Wildman–Crippen LogP) is 2.97. The molecule has 0 aromatic carbocycles. The Kier molecular flexibility index (Phi) is 3.99. The lowest BCUT2D eigenvalue weighted by molar-refractivity contribution is 0.0593. The van der Waals surface area contributed by atoms with Crippen molar-refractivity contribution in [3.63, 3.8) is 0 Å². The number of nitrogens with one attached hydrogen (secondary N) is 1. The zero-order valence-electron chi connectivity index (χ0n) is 13.5. The van der Waals surface area contributed by atoms with Gasteiger partial charge >= 0.3 is 5.97 Å². The van der Waals surface area contributed by atoms with Gasteiger partial charge in [-0.25, -0.2) is 9.31 Å². The van der Waals surface area contributed by atoms with Crippen molar-refractivity contribution >= 4 is 19.9 Å². The Bertz CT molecular complexity index is 621. The number of carbonyl (C=O) groups excluding carboxylic acids is 1. The third-order valence-electron chi connectivity index (χ3n) is 4.09. The van der Waals surface area contributed by atoms with Crippen LogP contribution in [0.2, 0.25) is 18.1 Å². The Balaban J connectivity index is 2.11. The van der Waals surface area contributed by atoms with Crippen molar-refractivity contribution in [3.8, 4) is 0 Å². The van der Waals surface area contributed by atoms with Gasteiger partial charge in [0, 0.05) is 6.07 Å². The summed E-state index contributed by atoms with van der Waals surface area (Å²) in [5, 5.41) is 4.34. The van der Waals surface area contributed by atoms with E-state index in [2.05, 4.69) is 48.7 Å². The molecule has 1 N–H and O–H groups in total. The maximum atomic E-state index is 11.4. The van der Waals surface area contributed by atoms with Gasteiger partial charge in [-0.05, 0) is 18.1 Å². The Morgan fingerprint density at radius 3 is 2.62 bits per heavy atom. The van der Waals surface area contributed by atoms with Crippen molar-refractivity contribution in [2.24, 2.45) is 0 Å². The Hall–Kier alpha value is -1.60. The van der Waals surface area contributed by atoms with Crippen LogP contribution in [0.4, 0.5) is 0 Å². The Labute approximate surface area is 125 Å². The molecule has 6 nitrogen and oxygen atoms in total. The first-order valence-corrected chi connectivity index (χ1v) is 9.84. The Morgan fingerprint density at radius 1 is 1.43 bits per heavy atom. The predicted molar refractivity (Wildman–Crippen MR) is 82.9 cm³/mol. The first-order chi connectivity index (χ1) is 9.64. The lowest BCUT2D eigenvalue weighted by Crippen LogP contribution is -2.40. The largest absolute Gasteiger partial charge is 0.464 e. The van der Waals surface area contributed by atoms with E-state index in [1.54, 1.807) is 10.6 Å². The fourth-order valence-corrected chi connectivity index (χ4v) is 2.63. The summed E-state index contributed by atoms with van der Waals surface area (Å²) in [7, 11) is -0.433. The summed E-state index contributed by atoms with van der Waals surface area (Å²) < 4.78 is 12.4. The van der Waals surface area contributed by atoms with Gasteiger partial charge in [0.15, 0.2) is 14.0 Å². The minimum atomic E-state index is -1.77. The standard InChI is InChI=1S/C14H23N3O3Si/c1-14(2,3)21(5,6)20-9-10-8-17-12(15-10)7-11(16-17)13(18)19-4/h7-8,15H,9H2,1-6H3. The van der Waals surface area contributed by atoms with Gasteiger partial charge in [-0.1, -0.05) is 20.8 Å². The van der Waals surface area contributed by atoms with E-state index in [4.69, 9.17) is 4.43 Å². The van der Waals surface area contributed by atoms with Gasteiger partial charge in [-0.3, -0.25) is 0 Å². The molecule has 2 heterocycles. The van der Waals surface area contributed by atoms with Gasteiger partial charge in [-0.15, -0.1) is 0 Å². The van der Waals surface area contributed by atoms with E-state index in [0.717, 1.165) is 11.3 Å². The second-order valence-electron chi connectivity index (χ2n) is 6.68. The summed E-state index contributed by atoms with van der Waals surface area (Å²) in [6.45, 7) is 11.6. The molecule has 0 aliphatic heterocycles. The van der Waals surface area contributed by atoms with Crippen LogP contribution in [0, 0.1) is 0 Å². The summed E-state index contributed by atoms with van der Waals surface area (Å²) in [6, 6.07) is 1.67. The van der Waals surface area contributed by atoms with Crippen LogP contribution in [0.3, 0.4) is 0 Å². The molecule has 2 rings (SSSR count). The summed E-state index contributed by atoms with van der Waals surface area (Å²) >= 11 is 0. The van der Waals surface area contributed by atoms with E-state index in [-0.39, 0.29) is 5.04 Å². The molecule has 0 spiro atoms. The van der Waals surface area contributed by atoms with E-state index in [1.807, 2.05) is 6.20 Å². The van der Waals surface area contributed by atoms with Crippen LogP contribution < -0.4 is 0 Å². The molecular formula is C14H23N3O3Si. The van der Waals surface area contributed by atoms with Crippen molar-refractivity contribution in [1.82, 2.24) is 14.6 Å². The highest BCUT2D eigenvalue weighted by Gasteiger charge is 2.37. The maximum absolute atomic E-state index is 11.4. The van der Waals surface area contributed by atoms with Gasteiger partial charge in [-0.2, -0.15) is 5.10 Å². The number of carbonyl (C=O) groups is 1. The number of methoxy groups -OCH3 is 1. The highest BCUT2D eigenvalue weighted by molar-refractivity contribution is 6.74. The lowest BCUT2D eigenvalue weighted by Gasteiger charge is -2.35. The minimum absolute atomic E-state index is 0.178. The quantitative estimate of drug-likeness (QED) is 0.696. The Morgan fingerprint density at radius 2 is 2.10 bits per heavy atom. The molecule has 0 bridgehead atoms. The number of H-pyrrole nitrogens is 1. The average Bonchev–Trinajstić information content (AvgIpc) is 2.91. The molecule has 2 aromatic heterocycles. The van der Waals surface area contributed by atoms with Crippen LogP contribution in [-0.4, -0.2) is 36.0 Å². The number of rotatable bonds is 4. The number of fused-ring (bicyclic) bond motifs is 1. The van der Waals surface area contributed by atoms with Crippen LogP contribution in [0.25, 0.3) is 5.65 Å². The average molecular weight is 309 g/mol. The van der Waals surface area contributed by atoms with Crippen LogP contribution >= 0.6 is 0 Å². The van der Waals surface area contributed by atoms with Gasteiger partial charge < -0.3 is 14.1 Å². The van der Waals surface area contributed by atoms with E-state index in [0.29, 0.717) is 12.3 Å². The number of hydrogen-bond donors (Lipinski definition) is 1. The first kappa shape index (κ1) is 15.8. The second-order valence-corrected chi connectivity index (χ2v) is 11.5. The van der Waals surface area contributed by atoms with Gasteiger partial charge in [0.05, 0.1) is 25.6 Å². The highest BCUT2D eigenvalue weighted by Crippen LogP contribution is 2.36. The molecule has 0 atom stereocenters. The molecule has 0 saturated carbocycles. The summed E-state index contributed by atoms with van der Waals surface area (Å²) in [4.78, 5) is 14.6. The monoisotopic (exact) mass is 309 g/mol. The fourth-order valence-electron chi connectivity index (χ4n) is 1.68. The number of imidazole rings is 1. The molecule has 116 valence electrons. The first-order valence-electron chi connectivity index (χ1n) is 6.93. The topological polar surface area (TPSA) is 68.6 Å². The van der Waals surface area contributed by atoms with E-state index in [9.17, 15) is 4.79 Å². The van der Waals surface area contributed by atoms with E-state index in [1.165, 1.54) is 7.11 Å². The molecule has 2 aromatic rings. The van der Waals surface area contributed by atoms with Gasteiger partial charge in [0.2, 0.25) is 0 Å². The van der Waals surface area contributed by atoms with Crippen molar-refractivity contribution in [2.45, 2.75) is 45.5 Å². The number of esters is 1. The molecule has 21 heavy (non-hydrogen) atoms. The van der Waals surface area contributed by atoms with Crippen molar-refractivity contribution in [3.05, 3.63) is 23.7 Å². The zero-order chi connectivity index (χ0) is 15.8. The number of ether oxygens (including phenoxy) is 1. The molecule has 0 radical (unpaired) electrons. The number of nitrogens with zero attached hydrogens (tertiary/aromatic N) is 2. The fraction of sp³-hybridized carbons (Fsp3) is 0.571. The van der Waals surface area contributed by atoms with Gasteiger partial charge in [0.1, 0.15) is 5.65 Å². The summed E-state index contributed by atoms with van der Waals surface area (Å²) in [6.07, 6.45) is 1.84. The van der Waals surface area contributed by atoms with Crippen LogP contribution in [0.15, 0.2) is 12.3 Å². The molecular weight excluding hydrogens is 286 g/mol. The zero-order valence-corrected chi connectivity index (χ0v) is 14.5. The van der Waals surface area contributed by atoms with Crippen molar-refractivity contribution < 1.29 is 14.0 Å². The van der Waals surface area contributed by atoms with Crippen LogP contribution in [0.1, 0.15) is 37.0 Å². The molecule has 0 aliphatic carbocycles. The molecule has 0 fully saturated rings. The molecule has 0 unspecified atom stereocenters. The minimum Gasteiger partial charge on any atom is -0.464 e. The molecule has 0 aliphatic rings. The number of aromatic amines is 1. The van der Waals surface area contributed by atoms with Crippen molar-refractivity contribution in [1.29, 1.82) is 0 Å². The summed E-state index contributed by atoms with van der Waals surface area (Å²) in [5.74, 6) is -0.439.